The number of aromatic nitrogens is 2. The van der Waals surface area contributed by atoms with Crippen molar-refractivity contribution in [2.24, 2.45) is 4.99 Å². The van der Waals surface area contributed by atoms with E-state index >= 15 is 0 Å². The summed E-state index contributed by atoms with van der Waals surface area (Å²) >= 11 is 3.57. The summed E-state index contributed by atoms with van der Waals surface area (Å²) in [4.78, 5) is 15.9. The average Bonchev–Trinajstić information content (AvgIpc) is 3.12. The van der Waals surface area contributed by atoms with Crippen molar-refractivity contribution in [3.8, 4) is 0 Å². The highest BCUT2D eigenvalue weighted by atomic mass is 127. The van der Waals surface area contributed by atoms with Crippen LogP contribution in [-0.2, 0) is 19.3 Å². The van der Waals surface area contributed by atoms with E-state index in [-0.39, 0.29) is 24.0 Å². The number of hydrogen-bond donors (Lipinski definition) is 2. The monoisotopic (exact) mass is 479 g/mol. The Morgan fingerprint density at radius 2 is 1.88 bits per heavy atom. The summed E-state index contributed by atoms with van der Waals surface area (Å²) in [6.45, 7) is 7.99. The van der Waals surface area contributed by atoms with E-state index in [1.54, 1.807) is 29.7 Å². The number of nitrogens with zero attached hydrogens (tertiary/aromatic N) is 3. The zero-order valence-corrected chi connectivity index (χ0v) is 18.6. The second-order valence-electron chi connectivity index (χ2n) is 5.24. The summed E-state index contributed by atoms with van der Waals surface area (Å²) in [5.74, 6) is 0.844. The summed E-state index contributed by atoms with van der Waals surface area (Å²) in [6, 6.07) is 0. The van der Waals surface area contributed by atoms with Crippen LogP contribution >= 0.6 is 46.7 Å². The van der Waals surface area contributed by atoms with Crippen LogP contribution in [0, 0.1) is 13.8 Å². The van der Waals surface area contributed by atoms with E-state index in [2.05, 4.69) is 46.4 Å². The van der Waals surface area contributed by atoms with Gasteiger partial charge in [-0.3, -0.25) is 4.99 Å². The largest absolute Gasteiger partial charge is 0.356 e. The average molecular weight is 479 g/mol. The number of guanidine groups is 1. The van der Waals surface area contributed by atoms with Gasteiger partial charge in [-0.25, -0.2) is 9.97 Å². The fourth-order valence-corrected chi connectivity index (χ4v) is 4.03. The molecule has 0 saturated carbocycles. The molecule has 0 radical (unpaired) electrons. The first-order valence-electron chi connectivity index (χ1n) is 7.93. The first-order chi connectivity index (χ1) is 11.1. The Bertz CT molecular complexity index is 651. The normalized spacial score (nSPS) is 11.2. The maximum Gasteiger partial charge on any atom is 0.191 e. The Balaban J connectivity index is 0.00000288. The molecule has 24 heavy (non-hydrogen) atoms. The van der Waals surface area contributed by atoms with Crippen LogP contribution in [0.2, 0.25) is 0 Å². The molecule has 0 aliphatic rings. The van der Waals surface area contributed by atoms with Crippen molar-refractivity contribution in [3.05, 3.63) is 31.7 Å². The van der Waals surface area contributed by atoms with Crippen molar-refractivity contribution in [2.45, 2.75) is 40.0 Å². The fourth-order valence-electron chi connectivity index (χ4n) is 2.24. The van der Waals surface area contributed by atoms with Crippen molar-refractivity contribution in [2.75, 3.05) is 20.1 Å². The smallest absolute Gasteiger partial charge is 0.191 e. The van der Waals surface area contributed by atoms with Crippen LogP contribution in [0.15, 0.2) is 11.2 Å². The van der Waals surface area contributed by atoms with Gasteiger partial charge >= 0.3 is 0 Å². The molecule has 2 aromatic heterocycles. The number of rotatable bonds is 7. The first-order valence-corrected chi connectivity index (χ1v) is 9.56. The molecule has 2 N–H and O–H groups in total. The fraction of sp³-hybridized carbons (Fsp3) is 0.562. The highest BCUT2D eigenvalue weighted by Gasteiger charge is 2.05. The molecule has 0 amide bonds. The summed E-state index contributed by atoms with van der Waals surface area (Å²) in [6.07, 6.45) is 4.94. The van der Waals surface area contributed by atoms with E-state index in [9.17, 15) is 0 Å². The maximum atomic E-state index is 4.46. The van der Waals surface area contributed by atoms with Gasteiger partial charge in [0.1, 0.15) is 0 Å². The van der Waals surface area contributed by atoms with Crippen LogP contribution in [-0.4, -0.2) is 36.1 Å². The lowest BCUT2D eigenvalue weighted by Gasteiger charge is -2.10. The third-order valence-corrected chi connectivity index (χ3v) is 5.78. The van der Waals surface area contributed by atoms with Crippen LogP contribution in [0.25, 0.3) is 0 Å². The lowest BCUT2D eigenvalue weighted by atomic mass is 10.3. The molecule has 0 aliphatic carbocycles. The third kappa shape index (κ3) is 6.64. The first kappa shape index (κ1) is 21.3. The van der Waals surface area contributed by atoms with Gasteiger partial charge in [-0.15, -0.1) is 46.7 Å². The molecule has 0 aromatic carbocycles. The number of halogens is 1. The SMILES string of the molecule is CCc1cnc(CCNC(=NC)NCCc2sc(C)nc2C)s1.I. The van der Waals surface area contributed by atoms with E-state index in [0.717, 1.165) is 49.0 Å². The molecule has 8 heteroatoms. The Morgan fingerprint density at radius 3 is 2.42 bits per heavy atom. The van der Waals surface area contributed by atoms with Crippen molar-refractivity contribution in [1.82, 2.24) is 20.6 Å². The van der Waals surface area contributed by atoms with E-state index in [4.69, 9.17) is 0 Å². The minimum absolute atomic E-state index is 0. The predicted molar refractivity (Wildman–Crippen MR) is 115 cm³/mol. The Labute approximate surface area is 169 Å². The molecule has 0 fully saturated rings. The van der Waals surface area contributed by atoms with E-state index in [0.29, 0.717) is 0 Å². The standard InChI is InChI=1S/C16H25N5S2.HI/c1-5-13-10-20-15(23-13)7-9-19-16(17-4)18-8-6-14-11(2)21-12(3)22-14;/h10H,5-9H2,1-4H3,(H2,17,18,19);1H. The van der Waals surface area contributed by atoms with Crippen LogP contribution in [0.1, 0.15) is 32.4 Å². The molecule has 2 rings (SSSR count). The van der Waals surface area contributed by atoms with Crippen LogP contribution in [0.3, 0.4) is 0 Å². The predicted octanol–water partition coefficient (Wildman–Crippen LogP) is 3.35. The van der Waals surface area contributed by atoms with Gasteiger partial charge in [0, 0.05) is 48.9 Å². The van der Waals surface area contributed by atoms with Crippen molar-refractivity contribution < 1.29 is 0 Å². The van der Waals surface area contributed by atoms with E-state index < -0.39 is 0 Å². The highest BCUT2D eigenvalue weighted by Crippen LogP contribution is 2.17. The lowest BCUT2D eigenvalue weighted by molar-refractivity contribution is 0.783. The number of nitrogens with one attached hydrogen (secondary N) is 2. The van der Waals surface area contributed by atoms with E-state index in [1.807, 2.05) is 6.20 Å². The molecule has 0 bridgehead atoms. The van der Waals surface area contributed by atoms with E-state index in [1.165, 1.54) is 14.8 Å². The zero-order chi connectivity index (χ0) is 16.7. The number of hydrogen-bond acceptors (Lipinski definition) is 5. The molecular formula is C16H26IN5S2. The second-order valence-corrected chi connectivity index (χ2v) is 7.73. The number of aliphatic imine (C=N–C) groups is 1. The molecule has 0 spiro atoms. The van der Waals surface area contributed by atoms with Crippen molar-refractivity contribution in [1.29, 1.82) is 0 Å². The third-order valence-electron chi connectivity index (χ3n) is 3.45. The molecular weight excluding hydrogens is 453 g/mol. The van der Waals surface area contributed by atoms with Gasteiger partial charge in [0.2, 0.25) is 0 Å². The quantitative estimate of drug-likeness (QED) is 0.363. The highest BCUT2D eigenvalue weighted by molar-refractivity contribution is 14.0. The molecule has 2 aromatic rings. The topological polar surface area (TPSA) is 62.2 Å². The van der Waals surface area contributed by atoms with Gasteiger partial charge in [0.25, 0.3) is 0 Å². The van der Waals surface area contributed by atoms with Crippen LogP contribution in [0.5, 0.6) is 0 Å². The molecule has 5 nitrogen and oxygen atoms in total. The van der Waals surface area contributed by atoms with Gasteiger partial charge in [0.05, 0.1) is 15.7 Å². The maximum absolute atomic E-state index is 4.46. The van der Waals surface area contributed by atoms with Crippen LogP contribution < -0.4 is 10.6 Å². The van der Waals surface area contributed by atoms with Gasteiger partial charge < -0.3 is 10.6 Å². The summed E-state index contributed by atoms with van der Waals surface area (Å²) in [5, 5.41) is 9.02. The number of thiazole rings is 2. The molecule has 0 saturated heterocycles. The Kier molecular flexibility index (Phi) is 9.75. The van der Waals surface area contributed by atoms with Crippen molar-refractivity contribution in [3.63, 3.8) is 0 Å². The molecule has 0 atom stereocenters. The molecule has 0 unspecified atom stereocenters. The molecule has 2 heterocycles. The number of aryl methyl sites for hydroxylation is 3. The van der Waals surface area contributed by atoms with Gasteiger partial charge in [-0.2, -0.15) is 0 Å². The summed E-state index contributed by atoms with van der Waals surface area (Å²) in [5.41, 5.74) is 1.15. The molecule has 0 aliphatic heterocycles. The Hall–Kier alpha value is -0.740. The van der Waals surface area contributed by atoms with Crippen LogP contribution in [0.4, 0.5) is 0 Å². The molecule has 134 valence electrons. The minimum Gasteiger partial charge on any atom is -0.356 e. The Morgan fingerprint density at radius 1 is 1.17 bits per heavy atom. The summed E-state index contributed by atoms with van der Waals surface area (Å²) < 4.78 is 0. The zero-order valence-electron chi connectivity index (χ0n) is 14.7. The second kappa shape index (κ2) is 11.0. The minimum atomic E-state index is 0. The lowest BCUT2D eigenvalue weighted by Crippen LogP contribution is -2.39. The van der Waals surface area contributed by atoms with Gasteiger partial charge in [-0.1, -0.05) is 6.92 Å². The summed E-state index contributed by atoms with van der Waals surface area (Å²) in [7, 11) is 1.80. The van der Waals surface area contributed by atoms with Crippen molar-refractivity contribution >= 4 is 52.6 Å². The van der Waals surface area contributed by atoms with Gasteiger partial charge in [-0.05, 0) is 20.3 Å². The van der Waals surface area contributed by atoms with Gasteiger partial charge in [0.15, 0.2) is 5.96 Å².